The van der Waals surface area contributed by atoms with Crippen LogP contribution < -0.4 is 10.1 Å². The Morgan fingerprint density at radius 1 is 1.19 bits per heavy atom. The number of likely N-dealkylation sites (N-methyl/N-ethyl adjacent to an activating group) is 1. The fourth-order valence-electron chi connectivity index (χ4n) is 4.02. The first-order valence-corrected chi connectivity index (χ1v) is 11.7. The lowest BCUT2D eigenvalue weighted by atomic mass is 10.0. The van der Waals surface area contributed by atoms with Gasteiger partial charge in [0.2, 0.25) is 5.91 Å². The number of nitrogens with one attached hydrogen (secondary N) is 1. The predicted molar refractivity (Wildman–Crippen MR) is 132 cm³/mol. The number of rotatable bonds is 5. The van der Waals surface area contributed by atoms with Gasteiger partial charge in [-0.2, -0.15) is 0 Å². The molecule has 1 aliphatic heterocycles. The fraction of sp³-hybridized carbons (Fsp3) is 0.480. The predicted octanol–water partition coefficient (Wildman–Crippen LogP) is 1.71. The van der Waals surface area contributed by atoms with Crippen LogP contribution in [0.5, 0.6) is 5.75 Å². The molecule has 0 saturated heterocycles. The molecule has 36 heavy (non-hydrogen) atoms. The second-order valence-corrected chi connectivity index (χ2v) is 8.83. The summed E-state index contributed by atoms with van der Waals surface area (Å²) in [5.74, 6) is -0.613. The normalized spacial score (nSPS) is 21.0. The number of methoxy groups -OCH3 is 2. The van der Waals surface area contributed by atoms with Gasteiger partial charge in [-0.15, -0.1) is 0 Å². The van der Waals surface area contributed by atoms with Crippen LogP contribution in [0.1, 0.15) is 34.7 Å². The number of aromatic nitrogens is 2. The Morgan fingerprint density at radius 3 is 2.64 bits per heavy atom. The van der Waals surface area contributed by atoms with E-state index in [-0.39, 0.29) is 54.5 Å². The van der Waals surface area contributed by atoms with Crippen LogP contribution in [0.25, 0.3) is 0 Å². The molecule has 11 nitrogen and oxygen atoms in total. The van der Waals surface area contributed by atoms with Crippen molar-refractivity contribution in [3.05, 3.63) is 48.0 Å². The first kappa shape index (κ1) is 27.0. The minimum absolute atomic E-state index is 0.0499. The first-order valence-electron chi connectivity index (χ1n) is 11.7. The highest BCUT2D eigenvalue weighted by Crippen LogP contribution is 2.27. The van der Waals surface area contributed by atoms with Gasteiger partial charge < -0.3 is 29.3 Å². The molecule has 11 heteroatoms. The maximum Gasteiger partial charge on any atom is 0.275 e. The molecule has 2 heterocycles. The van der Waals surface area contributed by atoms with Gasteiger partial charge in [-0.25, -0.2) is 4.98 Å². The smallest absolute Gasteiger partial charge is 0.275 e. The van der Waals surface area contributed by atoms with Crippen molar-refractivity contribution in [3.63, 3.8) is 0 Å². The lowest BCUT2D eigenvalue weighted by Gasteiger charge is -2.36. The molecule has 3 rings (SSSR count). The molecule has 194 valence electrons. The maximum atomic E-state index is 13.3. The van der Waals surface area contributed by atoms with E-state index in [9.17, 15) is 14.4 Å². The number of anilines is 1. The summed E-state index contributed by atoms with van der Waals surface area (Å²) in [6.45, 7) is 4.67. The average molecular weight is 500 g/mol. The van der Waals surface area contributed by atoms with Gasteiger partial charge in [0.1, 0.15) is 24.7 Å². The summed E-state index contributed by atoms with van der Waals surface area (Å²) in [5, 5.41) is 2.75. The van der Waals surface area contributed by atoms with Gasteiger partial charge in [0.05, 0.1) is 23.9 Å². The van der Waals surface area contributed by atoms with Crippen molar-refractivity contribution < 1.29 is 28.6 Å². The van der Waals surface area contributed by atoms with Crippen LogP contribution in [0, 0.1) is 5.92 Å². The molecule has 0 radical (unpaired) electrons. The second kappa shape index (κ2) is 12.4. The molecular formula is C25H33N5O6. The topological polar surface area (TPSA) is 123 Å². The van der Waals surface area contributed by atoms with Crippen molar-refractivity contribution in [1.29, 1.82) is 0 Å². The van der Waals surface area contributed by atoms with Crippen LogP contribution in [0.2, 0.25) is 0 Å². The highest BCUT2D eigenvalue weighted by molar-refractivity contribution is 6.03. The van der Waals surface area contributed by atoms with Crippen LogP contribution in [0.4, 0.5) is 5.69 Å². The van der Waals surface area contributed by atoms with E-state index in [2.05, 4.69) is 15.3 Å². The summed E-state index contributed by atoms with van der Waals surface area (Å²) >= 11 is 0. The van der Waals surface area contributed by atoms with E-state index in [1.54, 1.807) is 42.2 Å². The highest BCUT2D eigenvalue weighted by atomic mass is 16.5. The molecule has 0 aliphatic carbocycles. The Hall–Kier alpha value is -3.57. The van der Waals surface area contributed by atoms with E-state index >= 15 is 0 Å². The van der Waals surface area contributed by atoms with Gasteiger partial charge in [-0.1, -0.05) is 6.92 Å². The number of ether oxygens (including phenoxy) is 3. The molecule has 3 amide bonds. The largest absolute Gasteiger partial charge is 0.491 e. The van der Waals surface area contributed by atoms with Gasteiger partial charge in [-0.05, 0) is 19.1 Å². The van der Waals surface area contributed by atoms with Crippen molar-refractivity contribution in [2.75, 3.05) is 52.9 Å². The molecule has 1 aromatic heterocycles. The molecular weight excluding hydrogens is 466 g/mol. The Kier molecular flexibility index (Phi) is 9.31. The summed E-state index contributed by atoms with van der Waals surface area (Å²) in [6, 6.07) is 4.51. The number of hydrogen-bond donors (Lipinski definition) is 1. The number of nitrogens with zero attached hydrogens (tertiary/aromatic N) is 4. The molecule has 1 aromatic carbocycles. The SMILES string of the molecule is COCC(=O)N1C[C@H](C)[C@H](OC)CN(C)C(=O)c2ccc(NC(=O)c3cnccn3)cc2OC[C@H]1C. The van der Waals surface area contributed by atoms with Gasteiger partial charge in [0.15, 0.2) is 0 Å². The summed E-state index contributed by atoms with van der Waals surface area (Å²) in [7, 11) is 4.76. The van der Waals surface area contributed by atoms with E-state index in [0.29, 0.717) is 24.3 Å². The maximum absolute atomic E-state index is 13.3. The van der Waals surface area contributed by atoms with Crippen molar-refractivity contribution in [1.82, 2.24) is 19.8 Å². The van der Waals surface area contributed by atoms with Crippen LogP contribution in [-0.4, -0.2) is 97.2 Å². The third kappa shape index (κ3) is 6.55. The zero-order valence-corrected chi connectivity index (χ0v) is 21.3. The molecule has 0 bridgehead atoms. The Bertz CT molecular complexity index is 1070. The van der Waals surface area contributed by atoms with Crippen LogP contribution in [-0.2, 0) is 14.3 Å². The van der Waals surface area contributed by atoms with Gasteiger partial charge in [0.25, 0.3) is 11.8 Å². The number of benzene rings is 1. The van der Waals surface area contributed by atoms with Crippen molar-refractivity contribution >= 4 is 23.4 Å². The molecule has 0 saturated carbocycles. The number of hydrogen-bond acceptors (Lipinski definition) is 8. The number of amides is 3. The summed E-state index contributed by atoms with van der Waals surface area (Å²) in [6.07, 6.45) is 3.97. The fourth-order valence-corrected chi connectivity index (χ4v) is 4.02. The highest BCUT2D eigenvalue weighted by Gasteiger charge is 2.30. The van der Waals surface area contributed by atoms with E-state index in [0.717, 1.165) is 0 Å². The molecule has 0 fully saturated rings. The number of carbonyl (C=O) groups excluding carboxylic acids is 3. The minimum Gasteiger partial charge on any atom is -0.491 e. The second-order valence-electron chi connectivity index (χ2n) is 8.83. The van der Waals surface area contributed by atoms with E-state index in [1.807, 2.05) is 13.8 Å². The standard InChI is InChI=1S/C25H33N5O6/c1-16-12-30(23(31)15-34-4)17(2)14-36-21-10-18(28-24(32)20-11-26-8-9-27-20)6-7-19(21)25(33)29(3)13-22(16)35-5/h6-11,16-17,22H,12-15H2,1-5H3,(H,28,32)/t16-,17+,22+/m0/s1. The molecule has 1 N–H and O–H groups in total. The monoisotopic (exact) mass is 499 g/mol. The Morgan fingerprint density at radius 2 is 1.97 bits per heavy atom. The molecule has 1 aliphatic rings. The third-order valence-electron chi connectivity index (χ3n) is 6.09. The van der Waals surface area contributed by atoms with Gasteiger partial charge in [0, 0.05) is 64.4 Å². The zero-order valence-electron chi connectivity index (χ0n) is 21.3. The Balaban J connectivity index is 1.94. The van der Waals surface area contributed by atoms with Crippen molar-refractivity contribution in [2.45, 2.75) is 26.0 Å². The van der Waals surface area contributed by atoms with Crippen molar-refractivity contribution in [3.8, 4) is 5.75 Å². The molecule has 2 aromatic rings. The zero-order chi connectivity index (χ0) is 26.2. The number of carbonyl (C=O) groups is 3. The van der Waals surface area contributed by atoms with Crippen molar-refractivity contribution in [2.24, 2.45) is 5.92 Å². The summed E-state index contributed by atoms with van der Waals surface area (Å²) in [5.41, 5.74) is 0.915. The van der Waals surface area contributed by atoms with Crippen LogP contribution >= 0.6 is 0 Å². The lowest BCUT2D eigenvalue weighted by molar-refractivity contribution is -0.139. The quantitative estimate of drug-likeness (QED) is 0.660. The average Bonchev–Trinajstić information content (AvgIpc) is 2.88. The third-order valence-corrected chi connectivity index (χ3v) is 6.09. The van der Waals surface area contributed by atoms with Crippen LogP contribution in [0.3, 0.4) is 0 Å². The minimum atomic E-state index is -0.443. The van der Waals surface area contributed by atoms with Crippen LogP contribution in [0.15, 0.2) is 36.8 Å². The first-order chi connectivity index (χ1) is 17.2. The van der Waals surface area contributed by atoms with E-state index < -0.39 is 5.91 Å². The van der Waals surface area contributed by atoms with E-state index in [4.69, 9.17) is 14.2 Å². The lowest BCUT2D eigenvalue weighted by Crippen LogP contribution is -2.49. The molecule has 3 atom stereocenters. The Labute approximate surface area is 210 Å². The van der Waals surface area contributed by atoms with E-state index in [1.165, 1.54) is 25.7 Å². The summed E-state index contributed by atoms with van der Waals surface area (Å²) in [4.78, 5) is 49.9. The molecule has 0 unspecified atom stereocenters. The molecule has 0 spiro atoms. The summed E-state index contributed by atoms with van der Waals surface area (Å²) < 4.78 is 16.8. The van der Waals surface area contributed by atoms with Gasteiger partial charge in [-0.3, -0.25) is 19.4 Å². The van der Waals surface area contributed by atoms with Gasteiger partial charge >= 0.3 is 0 Å². The number of fused-ring (bicyclic) bond motifs is 1.